The molecule has 0 unspecified atom stereocenters. The van der Waals surface area contributed by atoms with Crippen LogP contribution in [-0.4, -0.2) is 17.4 Å². The fourth-order valence-corrected chi connectivity index (χ4v) is 1.41. The van der Waals surface area contributed by atoms with Gasteiger partial charge in [-0.15, -0.1) is 0 Å². The molecule has 0 spiro atoms. The molecule has 0 saturated heterocycles. The molecule has 19 heavy (non-hydrogen) atoms. The van der Waals surface area contributed by atoms with Crippen molar-refractivity contribution in [2.24, 2.45) is 0 Å². The molecule has 1 rings (SSSR count). The molecule has 0 aliphatic heterocycles. The van der Waals surface area contributed by atoms with Crippen LogP contribution in [-0.2, 0) is 4.79 Å². The number of hydrogen-bond donors (Lipinski definition) is 2. The number of nitrogens with one attached hydrogen (secondary N) is 1. The van der Waals surface area contributed by atoms with Gasteiger partial charge in [0.1, 0.15) is 0 Å². The van der Waals surface area contributed by atoms with Crippen LogP contribution in [0.2, 0.25) is 0 Å². The van der Waals surface area contributed by atoms with Gasteiger partial charge in [0.25, 0.3) is 5.69 Å². The fraction of sp³-hybridized carbons (Fsp3) is 0.250. The summed E-state index contributed by atoms with van der Waals surface area (Å²) in [6.07, 6.45) is 3.67. The van der Waals surface area contributed by atoms with Crippen molar-refractivity contribution in [3.8, 4) is 0 Å². The predicted octanol–water partition coefficient (Wildman–Crippen LogP) is 1.86. The summed E-state index contributed by atoms with van der Waals surface area (Å²) in [5.74, 6) is -0.968. The molecule has 3 N–H and O–H groups in total. The summed E-state index contributed by atoms with van der Waals surface area (Å²) in [7, 11) is 0. The number of nitrogens with zero attached hydrogens (tertiary/aromatic N) is 1. The number of carbonyl (C=O) groups excluding carboxylic acids is 1. The highest BCUT2D eigenvalue weighted by Crippen LogP contribution is 2.24. The molecule has 0 aliphatic rings. The van der Waals surface area contributed by atoms with Crippen molar-refractivity contribution in [1.82, 2.24) is 5.32 Å². The molecule has 1 amide bonds. The SMILES string of the molecule is CC(=O)NCCC=Cc1cc([N+](=O)[O-])cc(F)c1N. The van der Waals surface area contributed by atoms with Crippen molar-refractivity contribution in [1.29, 1.82) is 0 Å². The number of rotatable bonds is 5. The minimum atomic E-state index is -0.823. The van der Waals surface area contributed by atoms with Crippen molar-refractivity contribution in [3.05, 3.63) is 39.7 Å². The molecule has 0 fully saturated rings. The van der Waals surface area contributed by atoms with Crippen molar-refractivity contribution in [3.63, 3.8) is 0 Å². The Morgan fingerprint density at radius 1 is 1.58 bits per heavy atom. The first kappa shape index (κ1) is 14.6. The van der Waals surface area contributed by atoms with Gasteiger partial charge in [-0.1, -0.05) is 12.2 Å². The van der Waals surface area contributed by atoms with Crippen LogP contribution in [0.4, 0.5) is 15.8 Å². The molecule has 0 aliphatic carbocycles. The van der Waals surface area contributed by atoms with Gasteiger partial charge in [0, 0.05) is 25.1 Å². The number of carbonyl (C=O) groups is 1. The molecule has 1 aromatic carbocycles. The number of nitro groups is 1. The van der Waals surface area contributed by atoms with Crippen LogP contribution in [0.1, 0.15) is 18.9 Å². The van der Waals surface area contributed by atoms with E-state index in [0.717, 1.165) is 6.07 Å². The largest absolute Gasteiger partial charge is 0.396 e. The zero-order chi connectivity index (χ0) is 14.4. The van der Waals surface area contributed by atoms with E-state index in [0.29, 0.717) is 13.0 Å². The first-order valence-electron chi connectivity index (χ1n) is 5.56. The van der Waals surface area contributed by atoms with E-state index >= 15 is 0 Å². The second-order valence-corrected chi connectivity index (χ2v) is 3.86. The van der Waals surface area contributed by atoms with E-state index in [1.54, 1.807) is 6.08 Å². The third-order valence-corrected chi connectivity index (χ3v) is 2.34. The lowest BCUT2D eigenvalue weighted by Crippen LogP contribution is -2.20. The Morgan fingerprint density at radius 3 is 2.84 bits per heavy atom. The maximum absolute atomic E-state index is 13.4. The fourth-order valence-electron chi connectivity index (χ4n) is 1.41. The van der Waals surface area contributed by atoms with Crippen LogP contribution in [0, 0.1) is 15.9 Å². The number of nitro benzene ring substituents is 1. The summed E-state index contributed by atoms with van der Waals surface area (Å²) < 4.78 is 13.4. The van der Waals surface area contributed by atoms with E-state index in [4.69, 9.17) is 5.73 Å². The Balaban J connectivity index is 2.79. The molecule has 0 heterocycles. The number of anilines is 1. The van der Waals surface area contributed by atoms with Crippen molar-refractivity contribution < 1.29 is 14.1 Å². The number of amides is 1. The zero-order valence-corrected chi connectivity index (χ0v) is 10.4. The van der Waals surface area contributed by atoms with E-state index in [1.807, 2.05) is 0 Å². The van der Waals surface area contributed by atoms with Crippen LogP contribution in [0.3, 0.4) is 0 Å². The molecular formula is C12H14FN3O3. The molecule has 0 bridgehead atoms. The van der Waals surface area contributed by atoms with Gasteiger partial charge in [0.15, 0.2) is 5.82 Å². The molecule has 102 valence electrons. The van der Waals surface area contributed by atoms with Gasteiger partial charge >= 0.3 is 0 Å². The molecule has 0 saturated carbocycles. The lowest BCUT2D eigenvalue weighted by Gasteiger charge is -2.02. The molecular weight excluding hydrogens is 253 g/mol. The number of non-ortho nitro benzene ring substituents is 1. The van der Waals surface area contributed by atoms with Crippen LogP contribution >= 0.6 is 0 Å². The number of benzene rings is 1. The van der Waals surface area contributed by atoms with E-state index in [2.05, 4.69) is 5.32 Å². The highest BCUT2D eigenvalue weighted by atomic mass is 19.1. The Hall–Kier alpha value is -2.44. The van der Waals surface area contributed by atoms with Gasteiger partial charge in [-0.05, 0) is 6.42 Å². The molecule has 0 radical (unpaired) electrons. The van der Waals surface area contributed by atoms with E-state index in [-0.39, 0.29) is 22.8 Å². The Kier molecular flexibility index (Phi) is 4.99. The third kappa shape index (κ3) is 4.38. The zero-order valence-electron chi connectivity index (χ0n) is 10.4. The van der Waals surface area contributed by atoms with E-state index in [1.165, 1.54) is 19.1 Å². The Bertz CT molecular complexity index is 529. The number of hydrogen-bond acceptors (Lipinski definition) is 4. The van der Waals surface area contributed by atoms with Gasteiger partial charge in [-0.2, -0.15) is 0 Å². The maximum atomic E-state index is 13.4. The summed E-state index contributed by atoms with van der Waals surface area (Å²) in [5, 5.41) is 13.2. The first-order valence-corrected chi connectivity index (χ1v) is 5.56. The molecule has 1 aromatic rings. The average Bonchev–Trinajstić information content (AvgIpc) is 2.33. The maximum Gasteiger partial charge on any atom is 0.273 e. The van der Waals surface area contributed by atoms with Crippen LogP contribution < -0.4 is 11.1 Å². The van der Waals surface area contributed by atoms with Crippen LogP contribution in [0.25, 0.3) is 6.08 Å². The van der Waals surface area contributed by atoms with Crippen LogP contribution in [0.5, 0.6) is 0 Å². The number of nitrogen functional groups attached to an aromatic ring is 1. The number of halogens is 1. The van der Waals surface area contributed by atoms with Crippen molar-refractivity contribution in [2.45, 2.75) is 13.3 Å². The molecule has 6 nitrogen and oxygen atoms in total. The average molecular weight is 267 g/mol. The lowest BCUT2D eigenvalue weighted by atomic mass is 10.1. The Labute approximate surface area is 109 Å². The highest BCUT2D eigenvalue weighted by molar-refractivity contribution is 5.72. The van der Waals surface area contributed by atoms with Gasteiger partial charge in [-0.25, -0.2) is 4.39 Å². The summed E-state index contributed by atoms with van der Waals surface area (Å²) in [6.45, 7) is 1.83. The predicted molar refractivity (Wildman–Crippen MR) is 69.8 cm³/mol. The molecule has 0 atom stereocenters. The molecule has 0 aromatic heterocycles. The van der Waals surface area contributed by atoms with Gasteiger partial charge in [0.05, 0.1) is 16.7 Å². The van der Waals surface area contributed by atoms with Gasteiger partial charge in [-0.3, -0.25) is 14.9 Å². The van der Waals surface area contributed by atoms with E-state index < -0.39 is 10.7 Å². The topological polar surface area (TPSA) is 98.3 Å². The second kappa shape index (κ2) is 6.48. The first-order chi connectivity index (χ1) is 8.91. The van der Waals surface area contributed by atoms with Crippen LogP contribution in [0.15, 0.2) is 18.2 Å². The van der Waals surface area contributed by atoms with Crippen molar-refractivity contribution in [2.75, 3.05) is 12.3 Å². The lowest BCUT2D eigenvalue weighted by molar-refractivity contribution is -0.385. The van der Waals surface area contributed by atoms with Gasteiger partial charge < -0.3 is 11.1 Å². The minimum absolute atomic E-state index is 0.138. The summed E-state index contributed by atoms with van der Waals surface area (Å²) in [5.41, 5.74) is 5.25. The number of nitrogens with two attached hydrogens (primary N) is 1. The summed E-state index contributed by atoms with van der Waals surface area (Å²) in [4.78, 5) is 20.5. The Morgan fingerprint density at radius 2 is 2.26 bits per heavy atom. The normalized spacial score (nSPS) is 10.6. The van der Waals surface area contributed by atoms with E-state index in [9.17, 15) is 19.3 Å². The standard InChI is InChI=1S/C12H14FN3O3/c1-8(17)15-5-3-2-4-9-6-10(16(18)19)7-11(13)12(9)14/h2,4,6-7H,3,5,14H2,1H3,(H,15,17). The highest BCUT2D eigenvalue weighted by Gasteiger charge is 2.12. The third-order valence-electron chi connectivity index (χ3n) is 2.34. The van der Waals surface area contributed by atoms with Crippen molar-refractivity contribution >= 4 is 23.4 Å². The summed E-state index contributed by atoms with van der Waals surface area (Å²) in [6, 6.07) is 1.98. The summed E-state index contributed by atoms with van der Waals surface area (Å²) >= 11 is 0. The minimum Gasteiger partial charge on any atom is -0.396 e. The van der Waals surface area contributed by atoms with Gasteiger partial charge in [0.2, 0.25) is 5.91 Å². The second-order valence-electron chi connectivity index (χ2n) is 3.86. The molecule has 7 heteroatoms. The quantitative estimate of drug-likeness (QED) is 0.368. The smallest absolute Gasteiger partial charge is 0.273 e. The monoisotopic (exact) mass is 267 g/mol.